The highest BCUT2D eigenvalue weighted by molar-refractivity contribution is 5.78. The van der Waals surface area contributed by atoms with E-state index in [1.807, 2.05) is 0 Å². The van der Waals surface area contributed by atoms with Gasteiger partial charge in [0.1, 0.15) is 5.76 Å². The number of furan rings is 1. The maximum Gasteiger partial charge on any atom is 0.320 e. The lowest BCUT2D eigenvalue weighted by molar-refractivity contribution is -0.142. The molecular formula is C13H18N2O4. The second kappa shape index (κ2) is 5.34. The minimum atomic E-state index is -0.837. The molecule has 2 heterocycles. The SMILES string of the molecule is CC1C(C(=O)O)CCN1C(=O)N(C)Cc1ccco1. The standard InChI is InChI=1S/C13H18N2O4/c1-9-11(12(16)17)5-6-15(9)13(18)14(2)8-10-4-3-7-19-10/h3-4,7,9,11H,5-6,8H2,1-2H3,(H,16,17). The van der Waals surface area contributed by atoms with Gasteiger partial charge in [-0.3, -0.25) is 4.79 Å². The normalized spacial score (nSPS) is 22.5. The van der Waals surface area contributed by atoms with Crippen LogP contribution in [0.15, 0.2) is 22.8 Å². The third-order valence-electron chi connectivity index (χ3n) is 3.62. The van der Waals surface area contributed by atoms with Crippen LogP contribution in [0.25, 0.3) is 0 Å². The second-order valence-electron chi connectivity index (χ2n) is 4.89. The molecule has 2 unspecified atom stereocenters. The molecule has 1 aromatic heterocycles. The molecule has 1 saturated heterocycles. The van der Waals surface area contributed by atoms with Crippen molar-refractivity contribution in [3.63, 3.8) is 0 Å². The van der Waals surface area contributed by atoms with Gasteiger partial charge < -0.3 is 19.3 Å². The summed E-state index contributed by atoms with van der Waals surface area (Å²) in [5.74, 6) is -0.602. The van der Waals surface area contributed by atoms with Gasteiger partial charge in [-0.05, 0) is 25.5 Å². The van der Waals surface area contributed by atoms with Gasteiger partial charge in [0.2, 0.25) is 0 Å². The van der Waals surface area contributed by atoms with Gasteiger partial charge in [0.25, 0.3) is 0 Å². The Kier molecular flexibility index (Phi) is 3.78. The van der Waals surface area contributed by atoms with Crippen molar-refractivity contribution in [2.24, 2.45) is 5.92 Å². The average molecular weight is 266 g/mol. The predicted octanol–water partition coefficient (Wildman–Crippen LogP) is 1.63. The molecule has 1 N–H and O–H groups in total. The van der Waals surface area contributed by atoms with Crippen molar-refractivity contribution in [2.75, 3.05) is 13.6 Å². The van der Waals surface area contributed by atoms with Crippen molar-refractivity contribution in [2.45, 2.75) is 25.9 Å². The lowest BCUT2D eigenvalue weighted by Crippen LogP contribution is -2.44. The van der Waals surface area contributed by atoms with Gasteiger partial charge in [-0.2, -0.15) is 0 Å². The molecule has 0 spiro atoms. The monoisotopic (exact) mass is 266 g/mol. The first-order chi connectivity index (χ1) is 9.00. The topological polar surface area (TPSA) is 74.0 Å². The van der Waals surface area contributed by atoms with E-state index < -0.39 is 11.9 Å². The first kappa shape index (κ1) is 13.5. The molecule has 2 atom stereocenters. The van der Waals surface area contributed by atoms with Crippen molar-refractivity contribution in [1.29, 1.82) is 0 Å². The van der Waals surface area contributed by atoms with E-state index in [-0.39, 0.29) is 12.1 Å². The zero-order valence-electron chi connectivity index (χ0n) is 11.1. The Hall–Kier alpha value is -1.98. The first-order valence-electron chi connectivity index (χ1n) is 6.27. The number of carboxylic acid groups (broad SMARTS) is 1. The van der Waals surface area contributed by atoms with Gasteiger partial charge in [0.15, 0.2) is 0 Å². The van der Waals surface area contributed by atoms with Crippen molar-refractivity contribution in [3.8, 4) is 0 Å². The molecule has 0 radical (unpaired) electrons. The number of likely N-dealkylation sites (tertiary alicyclic amines) is 1. The fourth-order valence-electron chi connectivity index (χ4n) is 2.46. The Morgan fingerprint density at radius 1 is 1.58 bits per heavy atom. The molecule has 0 saturated carbocycles. The highest BCUT2D eigenvalue weighted by atomic mass is 16.4. The zero-order valence-corrected chi connectivity index (χ0v) is 11.1. The molecule has 19 heavy (non-hydrogen) atoms. The first-order valence-corrected chi connectivity index (χ1v) is 6.27. The Bertz CT molecular complexity index is 457. The molecular weight excluding hydrogens is 248 g/mol. The van der Waals surface area contributed by atoms with Gasteiger partial charge >= 0.3 is 12.0 Å². The highest BCUT2D eigenvalue weighted by Gasteiger charge is 2.39. The molecule has 1 aliphatic heterocycles. The van der Waals surface area contributed by atoms with E-state index in [9.17, 15) is 9.59 Å². The molecule has 1 aliphatic rings. The smallest absolute Gasteiger partial charge is 0.320 e. The van der Waals surface area contributed by atoms with Crippen molar-refractivity contribution in [3.05, 3.63) is 24.2 Å². The average Bonchev–Trinajstić information content (AvgIpc) is 2.97. The summed E-state index contributed by atoms with van der Waals surface area (Å²) in [6, 6.07) is 3.14. The lowest BCUT2D eigenvalue weighted by atomic mass is 10.0. The second-order valence-corrected chi connectivity index (χ2v) is 4.89. The van der Waals surface area contributed by atoms with Crippen LogP contribution < -0.4 is 0 Å². The number of hydrogen-bond donors (Lipinski definition) is 1. The third kappa shape index (κ3) is 2.72. The van der Waals surface area contributed by atoms with Crippen LogP contribution in [0.1, 0.15) is 19.1 Å². The Morgan fingerprint density at radius 2 is 2.32 bits per heavy atom. The van der Waals surface area contributed by atoms with Crippen LogP contribution in [0, 0.1) is 5.92 Å². The summed E-state index contributed by atoms with van der Waals surface area (Å²) in [4.78, 5) is 26.5. The van der Waals surface area contributed by atoms with Crippen LogP contribution in [-0.4, -0.2) is 46.5 Å². The van der Waals surface area contributed by atoms with E-state index in [1.54, 1.807) is 42.2 Å². The van der Waals surface area contributed by atoms with Crippen LogP contribution in [0.5, 0.6) is 0 Å². The number of carboxylic acids is 1. The molecule has 1 aromatic rings. The molecule has 1 fully saturated rings. The largest absolute Gasteiger partial charge is 0.481 e. The van der Waals surface area contributed by atoms with Crippen molar-refractivity contribution >= 4 is 12.0 Å². The molecule has 2 rings (SSSR count). The molecule has 0 bridgehead atoms. The van der Waals surface area contributed by atoms with E-state index in [0.717, 1.165) is 0 Å². The Balaban J connectivity index is 1.98. The minimum absolute atomic E-state index is 0.160. The quantitative estimate of drug-likeness (QED) is 0.902. The number of hydrogen-bond acceptors (Lipinski definition) is 3. The number of amides is 2. The molecule has 6 heteroatoms. The zero-order chi connectivity index (χ0) is 14.0. The number of urea groups is 1. The molecule has 0 aliphatic carbocycles. The van der Waals surface area contributed by atoms with E-state index in [4.69, 9.17) is 9.52 Å². The van der Waals surface area contributed by atoms with Gasteiger partial charge in [0.05, 0.1) is 18.7 Å². The fourth-order valence-corrected chi connectivity index (χ4v) is 2.46. The summed E-state index contributed by atoms with van der Waals surface area (Å²) < 4.78 is 5.20. The fraction of sp³-hybridized carbons (Fsp3) is 0.538. The van der Waals surface area contributed by atoms with Crippen molar-refractivity contribution in [1.82, 2.24) is 9.80 Å². The lowest BCUT2D eigenvalue weighted by Gasteiger charge is -2.28. The molecule has 0 aromatic carbocycles. The number of rotatable bonds is 3. The van der Waals surface area contributed by atoms with Gasteiger partial charge in [0, 0.05) is 19.6 Å². The van der Waals surface area contributed by atoms with E-state index in [0.29, 0.717) is 25.3 Å². The van der Waals surface area contributed by atoms with E-state index in [2.05, 4.69) is 0 Å². The summed E-state index contributed by atoms with van der Waals surface area (Å²) >= 11 is 0. The van der Waals surface area contributed by atoms with E-state index >= 15 is 0 Å². The molecule has 104 valence electrons. The summed E-state index contributed by atoms with van der Waals surface area (Å²) in [5, 5.41) is 9.06. The molecule has 6 nitrogen and oxygen atoms in total. The number of carbonyl (C=O) groups is 2. The van der Waals surface area contributed by atoms with Crippen LogP contribution in [0.3, 0.4) is 0 Å². The summed E-state index contributed by atoms with van der Waals surface area (Å²) in [6.45, 7) is 2.65. The van der Waals surface area contributed by atoms with Crippen LogP contribution in [0.2, 0.25) is 0 Å². The summed E-state index contributed by atoms with van der Waals surface area (Å²) in [7, 11) is 1.69. The molecule has 2 amide bonds. The van der Waals surface area contributed by atoms with E-state index in [1.165, 1.54) is 0 Å². The highest BCUT2D eigenvalue weighted by Crippen LogP contribution is 2.25. The Labute approximate surface area is 111 Å². The predicted molar refractivity (Wildman–Crippen MR) is 67.5 cm³/mol. The maximum atomic E-state index is 12.3. The summed E-state index contributed by atoms with van der Waals surface area (Å²) in [6.07, 6.45) is 2.07. The number of nitrogens with zero attached hydrogens (tertiary/aromatic N) is 2. The maximum absolute atomic E-state index is 12.3. The summed E-state index contributed by atoms with van der Waals surface area (Å²) in [5.41, 5.74) is 0. The Morgan fingerprint density at radius 3 is 2.84 bits per heavy atom. The van der Waals surface area contributed by atoms with Crippen LogP contribution in [-0.2, 0) is 11.3 Å². The van der Waals surface area contributed by atoms with Gasteiger partial charge in [-0.1, -0.05) is 0 Å². The number of carbonyl (C=O) groups excluding carboxylic acids is 1. The third-order valence-corrected chi connectivity index (χ3v) is 3.62. The van der Waals surface area contributed by atoms with Gasteiger partial charge in [-0.15, -0.1) is 0 Å². The van der Waals surface area contributed by atoms with Gasteiger partial charge in [-0.25, -0.2) is 4.79 Å². The number of aliphatic carboxylic acids is 1. The van der Waals surface area contributed by atoms with Crippen LogP contribution in [0.4, 0.5) is 4.79 Å². The van der Waals surface area contributed by atoms with Crippen LogP contribution >= 0.6 is 0 Å². The minimum Gasteiger partial charge on any atom is -0.481 e. The van der Waals surface area contributed by atoms with Crippen molar-refractivity contribution < 1.29 is 19.1 Å².